The Hall–Kier alpha value is -2.54. The van der Waals surface area contributed by atoms with Crippen LogP contribution in [0.3, 0.4) is 0 Å². The SMILES string of the molecule is Oc1c(F)cc(CNCc2nnc3ccccn23)cc1F. The number of pyridine rings is 1. The second-order valence-electron chi connectivity index (χ2n) is 4.56. The Labute approximate surface area is 118 Å². The zero-order valence-corrected chi connectivity index (χ0v) is 10.9. The predicted octanol–water partition coefficient (Wildman–Crippen LogP) is 2.00. The molecule has 5 nitrogen and oxygen atoms in total. The molecule has 2 aromatic heterocycles. The summed E-state index contributed by atoms with van der Waals surface area (Å²) in [7, 11) is 0. The third kappa shape index (κ3) is 2.68. The summed E-state index contributed by atoms with van der Waals surface area (Å²) in [6.45, 7) is 0.644. The minimum atomic E-state index is -0.972. The summed E-state index contributed by atoms with van der Waals surface area (Å²) in [4.78, 5) is 0. The number of halogens is 2. The van der Waals surface area contributed by atoms with Gasteiger partial charge in [-0.25, -0.2) is 8.78 Å². The van der Waals surface area contributed by atoms with E-state index in [1.54, 1.807) is 0 Å². The van der Waals surface area contributed by atoms with Crippen molar-refractivity contribution >= 4 is 5.65 Å². The molecule has 0 unspecified atom stereocenters. The lowest BCUT2D eigenvalue weighted by molar-refractivity contribution is 0.395. The second-order valence-corrected chi connectivity index (χ2v) is 4.56. The molecule has 0 saturated carbocycles. The van der Waals surface area contributed by atoms with Crippen molar-refractivity contribution in [3.63, 3.8) is 0 Å². The van der Waals surface area contributed by atoms with Gasteiger partial charge in [-0.05, 0) is 29.8 Å². The normalized spacial score (nSPS) is 11.1. The summed E-state index contributed by atoms with van der Waals surface area (Å²) in [5.41, 5.74) is 1.13. The van der Waals surface area contributed by atoms with Gasteiger partial charge in [-0.1, -0.05) is 6.07 Å². The lowest BCUT2D eigenvalue weighted by atomic mass is 10.2. The standard InChI is InChI=1S/C14H12F2N4O/c15-10-5-9(6-11(16)14(10)21)7-17-8-13-19-18-12-3-1-2-4-20(12)13/h1-6,17,21H,7-8H2. The second kappa shape index (κ2) is 5.45. The summed E-state index contributed by atoms with van der Waals surface area (Å²) >= 11 is 0. The molecule has 0 fully saturated rings. The van der Waals surface area contributed by atoms with Crippen LogP contribution in [0.2, 0.25) is 0 Å². The Balaban J connectivity index is 1.69. The van der Waals surface area contributed by atoms with E-state index in [2.05, 4.69) is 15.5 Å². The smallest absolute Gasteiger partial charge is 0.187 e. The van der Waals surface area contributed by atoms with Gasteiger partial charge in [0.15, 0.2) is 28.9 Å². The number of phenolic OH excluding ortho intramolecular Hbond substituents is 1. The monoisotopic (exact) mass is 290 g/mol. The Bertz CT molecular complexity index is 764. The minimum absolute atomic E-state index is 0.246. The van der Waals surface area contributed by atoms with Crippen molar-refractivity contribution in [1.29, 1.82) is 0 Å². The van der Waals surface area contributed by atoms with Crippen molar-refractivity contribution in [2.45, 2.75) is 13.1 Å². The number of nitrogens with one attached hydrogen (secondary N) is 1. The van der Waals surface area contributed by atoms with Crippen molar-refractivity contribution in [1.82, 2.24) is 19.9 Å². The molecule has 2 N–H and O–H groups in total. The van der Waals surface area contributed by atoms with Gasteiger partial charge in [0.1, 0.15) is 0 Å². The lowest BCUT2D eigenvalue weighted by Gasteiger charge is -2.06. The van der Waals surface area contributed by atoms with E-state index in [-0.39, 0.29) is 6.54 Å². The number of hydrogen-bond acceptors (Lipinski definition) is 4. The van der Waals surface area contributed by atoms with E-state index in [9.17, 15) is 8.78 Å². The van der Waals surface area contributed by atoms with Crippen LogP contribution in [-0.2, 0) is 13.1 Å². The largest absolute Gasteiger partial charge is 0.503 e. The highest BCUT2D eigenvalue weighted by Crippen LogP contribution is 2.21. The molecule has 3 aromatic rings. The van der Waals surface area contributed by atoms with Crippen LogP contribution >= 0.6 is 0 Å². The highest BCUT2D eigenvalue weighted by molar-refractivity contribution is 5.37. The fraction of sp³-hybridized carbons (Fsp3) is 0.143. The lowest BCUT2D eigenvalue weighted by Crippen LogP contribution is -2.15. The molecule has 0 aliphatic heterocycles. The summed E-state index contributed by atoms with van der Waals surface area (Å²) < 4.78 is 28.2. The van der Waals surface area contributed by atoms with E-state index in [0.717, 1.165) is 17.8 Å². The first-order valence-electron chi connectivity index (χ1n) is 6.31. The molecule has 0 bridgehead atoms. The molecule has 0 amide bonds. The van der Waals surface area contributed by atoms with Gasteiger partial charge < -0.3 is 10.4 Å². The molecule has 2 heterocycles. The van der Waals surface area contributed by atoms with Crippen LogP contribution in [0, 0.1) is 11.6 Å². The van der Waals surface area contributed by atoms with Gasteiger partial charge >= 0.3 is 0 Å². The average molecular weight is 290 g/mol. The van der Waals surface area contributed by atoms with E-state index < -0.39 is 17.4 Å². The first kappa shape index (κ1) is 13.4. The Morgan fingerprint density at radius 3 is 2.62 bits per heavy atom. The molecule has 7 heteroatoms. The summed E-state index contributed by atoms with van der Waals surface area (Å²) in [6, 6.07) is 7.75. The topological polar surface area (TPSA) is 62.5 Å². The number of hydrogen-bond donors (Lipinski definition) is 2. The molecular weight excluding hydrogens is 278 g/mol. The molecule has 0 spiro atoms. The van der Waals surface area contributed by atoms with Crippen molar-refractivity contribution in [2.75, 3.05) is 0 Å². The molecule has 0 saturated heterocycles. The zero-order chi connectivity index (χ0) is 14.8. The molecule has 0 radical (unpaired) electrons. The van der Waals surface area contributed by atoms with Crippen LogP contribution in [0.5, 0.6) is 5.75 Å². The third-order valence-corrected chi connectivity index (χ3v) is 3.07. The summed E-state index contributed by atoms with van der Waals surface area (Å²) in [6.07, 6.45) is 1.84. The fourth-order valence-corrected chi connectivity index (χ4v) is 2.05. The van der Waals surface area contributed by atoms with Gasteiger partial charge in [0.25, 0.3) is 0 Å². The van der Waals surface area contributed by atoms with E-state index in [0.29, 0.717) is 17.9 Å². The summed E-state index contributed by atoms with van der Waals surface area (Å²) in [5.74, 6) is -2.20. The van der Waals surface area contributed by atoms with Crippen molar-refractivity contribution in [3.8, 4) is 5.75 Å². The number of aromatic nitrogens is 3. The maximum Gasteiger partial charge on any atom is 0.187 e. The number of rotatable bonds is 4. The van der Waals surface area contributed by atoms with Crippen LogP contribution < -0.4 is 5.32 Å². The number of fused-ring (bicyclic) bond motifs is 1. The molecule has 0 atom stereocenters. The Morgan fingerprint density at radius 2 is 1.86 bits per heavy atom. The summed E-state index contributed by atoms with van der Waals surface area (Å²) in [5, 5.41) is 20.1. The van der Waals surface area contributed by atoms with Crippen LogP contribution in [0.1, 0.15) is 11.4 Å². The molecule has 1 aromatic carbocycles. The maximum absolute atomic E-state index is 13.2. The van der Waals surface area contributed by atoms with Gasteiger partial charge in [0.05, 0.1) is 6.54 Å². The van der Waals surface area contributed by atoms with Gasteiger partial charge in [-0.3, -0.25) is 4.40 Å². The number of aromatic hydroxyl groups is 1. The van der Waals surface area contributed by atoms with Gasteiger partial charge in [0.2, 0.25) is 0 Å². The van der Waals surface area contributed by atoms with Crippen LogP contribution in [0.25, 0.3) is 5.65 Å². The quantitative estimate of drug-likeness (QED) is 0.771. The first-order valence-corrected chi connectivity index (χ1v) is 6.31. The van der Waals surface area contributed by atoms with E-state index in [4.69, 9.17) is 5.11 Å². The number of phenols is 1. The molecular formula is C14H12F2N4O. The molecule has 0 aliphatic rings. The molecule has 21 heavy (non-hydrogen) atoms. The first-order chi connectivity index (χ1) is 10.1. The van der Waals surface area contributed by atoms with Gasteiger partial charge in [-0.2, -0.15) is 0 Å². The van der Waals surface area contributed by atoms with Gasteiger partial charge in [0, 0.05) is 12.7 Å². The van der Waals surface area contributed by atoms with Crippen LogP contribution in [0.15, 0.2) is 36.5 Å². The van der Waals surface area contributed by atoms with E-state index in [1.165, 1.54) is 0 Å². The minimum Gasteiger partial charge on any atom is -0.503 e. The maximum atomic E-state index is 13.2. The number of benzene rings is 1. The van der Waals surface area contributed by atoms with Crippen LogP contribution in [0.4, 0.5) is 8.78 Å². The van der Waals surface area contributed by atoms with E-state index in [1.807, 2.05) is 28.8 Å². The number of nitrogens with zero attached hydrogens (tertiary/aromatic N) is 3. The molecule has 108 valence electrons. The molecule has 3 rings (SSSR count). The Morgan fingerprint density at radius 1 is 1.10 bits per heavy atom. The highest BCUT2D eigenvalue weighted by Gasteiger charge is 2.10. The van der Waals surface area contributed by atoms with Gasteiger partial charge in [-0.15, -0.1) is 10.2 Å². The van der Waals surface area contributed by atoms with Crippen molar-refractivity contribution < 1.29 is 13.9 Å². The van der Waals surface area contributed by atoms with Crippen molar-refractivity contribution in [3.05, 3.63) is 59.6 Å². The zero-order valence-electron chi connectivity index (χ0n) is 10.9. The average Bonchev–Trinajstić information content (AvgIpc) is 2.88. The highest BCUT2D eigenvalue weighted by atomic mass is 19.1. The molecule has 0 aliphatic carbocycles. The third-order valence-electron chi connectivity index (χ3n) is 3.07. The van der Waals surface area contributed by atoms with Crippen LogP contribution in [-0.4, -0.2) is 19.7 Å². The Kier molecular flexibility index (Phi) is 3.49. The van der Waals surface area contributed by atoms with E-state index >= 15 is 0 Å². The predicted molar refractivity (Wildman–Crippen MR) is 71.6 cm³/mol. The fourth-order valence-electron chi connectivity index (χ4n) is 2.05. The van der Waals surface area contributed by atoms with Crippen molar-refractivity contribution in [2.24, 2.45) is 0 Å².